The molecule has 1 amide bonds. The van der Waals surface area contributed by atoms with E-state index in [9.17, 15) is 4.79 Å². The van der Waals surface area contributed by atoms with Crippen molar-refractivity contribution >= 4 is 46.2 Å². The van der Waals surface area contributed by atoms with Crippen molar-refractivity contribution in [3.63, 3.8) is 0 Å². The van der Waals surface area contributed by atoms with Crippen molar-refractivity contribution in [2.75, 3.05) is 10.6 Å². The van der Waals surface area contributed by atoms with E-state index >= 15 is 0 Å². The number of hydrogen-bond donors (Lipinski definition) is 3. The maximum atomic E-state index is 12.4. The molecule has 0 spiro atoms. The Morgan fingerprint density at radius 3 is 2.27 bits per heavy atom. The highest BCUT2D eigenvalue weighted by Gasteiger charge is 2.13. The number of benzene rings is 2. The van der Waals surface area contributed by atoms with Gasteiger partial charge in [0.1, 0.15) is 0 Å². The van der Waals surface area contributed by atoms with Crippen LogP contribution in [0.2, 0.25) is 5.02 Å². The lowest BCUT2D eigenvalue weighted by Gasteiger charge is -2.15. The van der Waals surface area contributed by atoms with Gasteiger partial charge in [0.25, 0.3) is 5.91 Å². The van der Waals surface area contributed by atoms with Crippen molar-refractivity contribution in [3.8, 4) is 0 Å². The fourth-order valence-electron chi connectivity index (χ4n) is 2.20. The molecular weight excluding hydrogens is 318 g/mol. The minimum Gasteiger partial charge on any atom is -0.376 e. The first-order chi connectivity index (χ1) is 10.4. The van der Waals surface area contributed by atoms with Crippen LogP contribution < -0.4 is 16.4 Å². The number of aryl methyl sites for hydroxylation is 2. The molecule has 0 aliphatic heterocycles. The normalized spacial score (nSPS) is 10.1. The molecule has 0 fully saturated rings. The molecule has 2 rings (SSSR count). The van der Waals surface area contributed by atoms with Crippen LogP contribution in [-0.4, -0.2) is 11.0 Å². The van der Waals surface area contributed by atoms with E-state index in [2.05, 4.69) is 10.6 Å². The van der Waals surface area contributed by atoms with Gasteiger partial charge >= 0.3 is 0 Å². The summed E-state index contributed by atoms with van der Waals surface area (Å²) in [6.07, 6.45) is 0. The van der Waals surface area contributed by atoms with Crippen LogP contribution in [-0.2, 0) is 0 Å². The number of halogens is 1. The van der Waals surface area contributed by atoms with E-state index in [1.807, 2.05) is 26.0 Å². The minimum absolute atomic E-state index is 0.201. The van der Waals surface area contributed by atoms with Gasteiger partial charge in [-0.1, -0.05) is 23.7 Å². The van der Waals surface area contributed by atoms with Crippen molar-refractivity contribution in [1.29, 1.82) is 0 Å². The van der Waals surface area contributed by atoms with Gasteiger partial charge in [-0.15, -0.1) is 0 Å². The van der Waals surface area contributed by atoms with Crippen LogP contribution in [0, 0.1) is 13.8 Å². The number of carbonyl (C=O) groups is 1. The average molecular weight is 334 g/mol. The molecule has 2 aromatic carbocycles. The van der Waals surface area contributed by atoms with Crippen molar-refractivity contribution in [3.05, 3.63) is 58.1 Å². The Morgan fingerprint density at radius 1 is 1.14 bits per heavy atom. The van der Waals surface area contributed by atoms with E-state index in [0.717, 1.165) is 22.5 Å². The zero-order chi connectivity index (χ0) is 16.3. The molecule has 0 aliphatic carbocycles. The Morgan fingerprint density at radius 2 is 1.73 bits per heavy atom. The highest BCUT2D eigenvalue weighted by molar-refractivity contribution is 7.80. The lowest BCUT2D eigenvalue weighted by Crippen LogP contribution is -2.19. The lowest BCUT2D eigenvalue weighted by atomic mass is 10.1. The van der Waals surface area contributed by atoms with Gasteiger partial charge in [-0.05, 0) is 61.5 Å². The first kappa shape index (κ1) is 16.3. The molecule has 22 heavy (non-hydrogen) atoms. The van der Waals surface area contributed by atoms with Gasteiger partial charge in [-0.2, -0.15) is 0 Å². The second-order valence-electron chi connectivity index (χ2n) is 4.91. The predicted molar refractivity (Wildman–Crippen MR) is 95.7 cm³/mol. The van der Waals surface area contributed by atoms with E-state index in [4.69, 9.17) is 29.6 Å². The summed E-state index contributed by atoms with van der Waals surface area (Å²) >= 11 is 10.9. The van der Waals surface area contributed by atoms with Crippen molar-refractivity contribution in [1.82, 2.24) is 0 Å². The highest BCUT2D eigenvalue weighted by Crippen LogP contribution is 2.26. The van der Waals surface area contributed by atoms with Gasteiger partial charge in [-0.25, -0.2) is 0 Å². The van der Waals surface area contributed by atoms with Crippen LogP contribution in [0.1, 0.15) is 21.5 Å². The van der Waals surface area contributed by atoms with E-state index in [1.165, 1.54) is 0 Å². The first-order valence-corrected chi connectivity index (χ1v) is 7.40. The van der Waals surface area contributed by atoms with Crippen molar-refractivity contribution in [2.45, 2.75) is 13.8 Å². The monoisotopic (exact) mass is 333 g/mol. The number of amides is 1. The van der Waals surface area contributed by atoms with E-state index < -0.39 is 0 Å². The molecule has 0 heterocycles. The molecule has 0 saturated carbocycles. The number of anilines is 2. The number of hydrogen-bond acceptors (Lipinski definition) is 2. The van der Waals surface area contributed by atoms with Crippen LogP contribution in [0.3, 0.4) is 0 Å². The third kappa shape index (κ3) is 3.75. The lowest BCUT2D eigenvalue weighted by molar-refractivity contribution is 0.102. The summed E-state index contributed by atoms with van der Waals surface area (Å²) in [5.74, 6) is -0.244. The zero-order valence-corrected chi connectivity index (χ0v) is 13.8. The van der Waals surface area contributed by atoms with Gasteiger partial charge in [-0.3, -0.25) is 4.79 Å². The summed E-state index contributed by atoms with van der Waals surface area (Å²) < 4.78 is 0. The molecule has 0 radical (unpaired) electrons. The Hall–Kier alpha value is -2.11. The smallest absolute Gasteiger partial charge is 0.257 e. The Balaban J connectivity index is 2.28. The Kier molecular flexibility index (Phi) is 5.00. The van der Waals surface area contributed by atoms with Crippen LogP contribution in [0.5, 0.6) is 0 Å². The van der Waals surface area contributed by atoms with E-state index in [0.29, 0.717) is 10.6 Å². The summed E-state index contributed by atoms with van der Waals surface area (Å²) in [5.41, 5.74) is 9.25. The molecule has 114 valence electrons. The highest BCUT2D eigenvalue weighted by atomic mass is 35.5. The van der Waals surface area contributed by atoms with Crippen LogP contribution in [0.4, 0.5) is 11.4 Å². The molecule has 0 bridgehead atoms. The Bertz CT molecular complexity index is 723. The second-order valence-corrected chi connectivity index (χ2v) is 5.76. The largest absolute Gasteiger partial charge is 0.376 e. The molecule has 0 aliphatic rings. The molecule has 6 heteroatoms. The molecule has 0 saturated heterocycles. The SMILES string of the molecule is Cc1cc(NC(N)=S)cc(C)c1NC(=O)c1ccccc1Cl. The Labute approximate surface area is 139 Å². The minimum atomic E-state index is -0.244. The zero-order valence-electron chi connectivity index (χ0n) is 12.2. The molecule has 4 nitrogen and oxygen atoms in total. The summed E-state index contributed by atoms with van der Waals surface area (Å²) in [7, 11) is 0. The molecular formula is C16H16ClN3OS. The number of thiocarbonyl (C=S) groups is 1. The van der Waals surface area contributed by atoms with E-state index in [1.54, 1.807) is 24.3 Å². The molecule has 2 aromatic rings. The molecule has 4 N–H and O–H groups in total. The summed E-state index contributed by atoms with van der Waals surface area (Å²) in [6.45, 7) is 3.81. The third-order valence-electron chi connectivity index (χ3n) is 3.16. The fourth-order valence-corrected chi connectivity index (χ4v) is 2.54. The summed E-state index contributed by atoms with van der Waals surface area (Å²) in [4.78, 5) is 12.4. The second kappa shape index (κ2) is 6.77. The van der Waals surface area contributed by atoms with Crippen LogP contribution in [0.15, 0.2) is 36.4 Å². The van der Waals surface area contributed by atoms with Crippen LogP contribution >= 0.6 is 23.8 Å². The van der Waals surface area contributed by atoms with Gasteiger partial charge < -0.3 is 16.4 Å². The molecule has 0 aromatic heterocycles. The predicted octanol–water partition coefficient (Wildman–Crippen LogP) is 3.86. The van der Waals surface area contributed by atoms with Crippen LogP contribution in [0.25, 0.3) is 0 Å². The number of rotatable bonds is 3. The van der Waals surface area contributed by atoms with E-state index in [-0.39, 0.29) is 11.0 Å². The fraction of sp³-hybridized carbons (Fsp3) is 0.125. The number of nitrogens with two attached hydrogens (primary N) is 1. The summed E-state index contributed by atoms with van der Waals surface area (Å²) in [5, 5.41) is 6.40. The maximum absolute atomic E-state index is 12.4. The van der Waals surface area contributed by atoms with Gasteiger partial charge in [0.05, 0.1) is 10.6 Å². The van der Waals surface area contributed by atoms with Crippen molar-refractivity contribution < 1.29 is 4.79 Å². The quantitative estimate of drug-likeness (QED) is 0.746. The van der Waals surface area contributed by atoms with Crippen molar-refractivity contribution in [2.24, 2.45) is 5.73 Å². The number of nitrogens with one attached hydrogen (secondary N) is 2. The number of carbonyl (C=O) groups excluding carboxylic acids is 1. The maximum Gasteiger partial charge on any atom is 0.257 e. The standard InChI is InChI=1S/C16H16ClN3OS/c1-9-7-11(19-16(18)22)8-10(2)14(9)20-15(21)12-5-3-4-6-13(12)17/h3-8H,1-2H3,(H,20,21)(H3,18,19,22). The third-order valence-corrected chi connectivity index (χ3v) is 3.59. The van der Waals surface area contributed by atoms with Gasteiger partial charge in [0, 0.05) is 11.4 Å². The first-order valence-electron chi connectivity index (χ1n) is 6.62. The summed E-state index contributed by atoms with van der Waals surface area (Å²) in [6, 6.07) is 10.7. The van der Waals surface area contributed by atoms with Gasteiger partial charge in [0.2, 0.25) is 0 Å². The average Bonchev–Trinajstić information content (AvgIpc) is 2.42. The molecule has 0 atom stereocenters. The molecule has 0 unspecified atom stereocenters. The topological polar surface area (TPSA) is 67.2 Å². The van der Waals surface area contributed by atoms with Gasteiger partial charge in [0.15, 0.2) is 5.11 Å².